The standard InChI is InChI=1S/C17H21N3/c1-2-4-15(5-3-1)20-17(10-13-8-9-18-11-13)16(12-19-20)14-6-7-14/h1-5,12-14,18H,6-11H2. The Bertz CT molecular complexity index is 578. The number of para-hydroxylation sites is 1. The highest BCUT2D eigenvalue weighted by molar-refractivity contribution is 5.37. The monoisotopic (exact) mass is 267 g/mol. The third-order valence-electron chi connectivity index (χ3n) is 4.56. The maximum atomic E-state index is 4.69. The van der Waals surface area contributed by atoms with Crippen molar-refractivity contribution in [3.8, 4) is 5.69 Å². The molecule has 104 valence electrons. The van der Waals surface area contributed by atoms with Crippen molar-refractivity contribution >= 4 is 0 Å². The van der Waals surface area contributed by atoms with E-state index in [1.54, 1.807) is 0 Å². The molecule has 0 bridgehead atoms. The first-order valence-corrected chi connectivity index (χ1v) is 7.75. The van der Waals surface area contributed by atoms with Gasteiger partial charge in [-0.25, -0.2) is 4.68 Å². The zero-order chi connectivity index (χ0) is 13.4. The Morgan fingerprint density at radius 1 is 1.15 bits per heavy atom. The van der Waals surface area contributed by atoms with E-state index in [9.17, 15) is 0 Å². The molecule has 1 aromatic heterocycles. The smallest absolute Gasteiger partial charge is 0.0648 e. The van der Waals surface area contributed by atoms with Crippen LogP contribution < -0.4 is 5.32 Å². The molecular formula is C17H21N3. The van der Waals surface area contributed by atoms with Crippen molar-refractivity contribution < 1.29 is 0 Å². The molecular weight excluding hydrogens is 246 g/mol. The number of nitrogens with one attached hydrogen (secondary N) is 1. The molecule has 2 aliphatic rings. The zero-order valence-corrected chi connectivity index (χ0v) is 11.8. The topological polar surface area (TPSA) is 29.9 Å². The summed E-state index contributed by atoms with van der Waals surface area (Å²) < 4.78 is 2.17. The fourth-order valence-electron chi connectivity index (χ4n) is 3.28. The predicted molar refractivity (Wildman–Crippen MR) is 80.2 cm³/mol. The average molecular weight is 267 g/mol. The van der Waals surface area contributed by atoms with Gasteiger partial charge in [0, 0.05) is 5.69 Å². The normalized spacial score (nSPS) is 22.3. The summed E-state index contributed by atoms with van der Waals surface area (Å²) in [6.45, 7) is 2.33. The van der Waals surface area contributed by atoms with E-state index < -0.39 is 0 Å². The summed E-state index contributed by atoms with van der Waals surface area (Å²) >= 11 is 0. The van der Waals surface area contributed by atoms with E-state index in [4.69, 9.17) is 0 Å². The van der Waals surface area contributed by atoms with Gasteiger partial charge in [0.1, 0.15) is 0 Å². The summed E-state index contributed by atoms with van der Waals surface area (Å²) in [6.07, 6.45) is 7.26. The van der Waals surface area contributed by atoms with E-state index in [-0.39, 0.29) is 0 Å². The van der Waals surface area contributed by atoms with Gasteiger partial charge < -0.3 is 5.32 Å². The van der Waals surface area contributed by atoms with Crippen LogP contribution in [0.15, 0.2) is 36.5 Å². The van der Waals surface area contributed by atoms with Gasteiger partial charge in [-0.2, -0.15) is 5.10 Å². The minimum absolute atomic E-state index is 0.770. The summed E-state index contributed by atoms with van der Waals surface area (Å²) in [6, 6.07) is 10.6. The second kappa shape index (κ2) is 5.06. The molecule has 1 saturated carbocycles. The lowest BCUT2D eigenvalue weighted by atomic mass is 9.98. The van der Waals surface area contributed by atoms with Crippen molar-refractivity contribution in [3.63, 3.8) is 0 Å². The van der Waals surface area contributed by atoms with Gasteiger partial charge in [-0.3, -0.25) is 0 Å². The van der Waals surface area contributed by atoms with E-state index in [1.165, 1.54) is 42.8 Å². The van der Waals surface area contributed by atoms with Crippen LogP contribution in [0, 0.1) is 5.92 Å². The third-order valence-corrected chi connectivity index (χ3v) is 4.56. The van der Waals surface area contributed by atoms with Crippen LogP contribution in [0.3, 0.4) is 0 Å². The Balaban J connectivity index is 1.70. The van der Waals surface area contributed by atoms with E-state index in [1.807, 2.05) is 0 Å². The molecule has 1 N–H and O–H groups in total. The summed E-state index contributed by atoms with van der Waals surface area (Å²) in [5.41, 5.74) is 4.15. The highest BCUT2D eigenvalue weighted by Gasteiger charge is 2.30. The van der Waals surface area contributed by atoms with Crippen LogP contribution in [0.2, 0.25) is 0 Å². The van der Waals surface area contributed by atoms with Gasteiger partial charge in [0.2, 0.25) is 0 Å². The van der Waals surface area contributed by atoms with Crippen LogP contribution in [0.5, 0.6) is 0 Å². The van der Waals surface area contributed by atoms with Gasteiger partial charge in [0.25, 0.3) is 0 Å². The number of rotatable bonds is 4. The fourth-order valence-corrected chi connectivity index (χ4v) is 3.28. The minimum atomic E-state index is 0.770. The molecule has 3 heteroatoms. The number of hydrogen-bond acceptors (Lipinski definition) is 2. The predicted octanol–water partition coefficient (Wildman–Crippen LogP) is 2.90. The molecule has 2 fully saturated rings. The Hall–Kier alpha value is -1.61. The molecule has 1 aliphatic carbocycles. The van der Waals surface area contributed by atoms with Crippen LogP contribution >= 0.6 is 0 Å². The second-order valence-corrected chi connectivity index (χ2v) is 6.13. The van der Waals surface area contributed by atoms with Gasteiger partial charge in [-0.05, 0) is 68.3 Å². The van der Waals surface area contributed by atoms with E-state index in [0.717, 1.165) is 24.8 Å². The van der Waals surface area contributed by atoms with E-state index >= 15 is 0 Å². The van der Waals surface area contributed by atoms with Crippen LogP contribution in [-0.4, -0.2) is 22.9 Å². The summed E-state index contributed by atoms with van der Waals surface area (Å²) in [5, 5.41) is 8.16. The first-order valence-electron chi connectivity index (χ1n) is 7.75. The van der Waals surface area contributed by atoms with Gasteiger partial charge in [-0.15, -0.1) is 0 Å². The summed E-state index contributed by atoms with van der Waals surface area (Å²) in [5.74, 6) is 1.54. The Morgan fingerprint density at radius 3 is 2.70 bits per heavy atom. The molecule has 0 spiro atoms. The SMILES string of the molecule is c1ccc(-n2ncc(C3CC3)c2CC2CCNC2)cc1. The van der Waals surface area contributed by atoms with Crippen molar-refractivity contribution in [2.45, 2.75) is 31.6 Å². The Morgan fingerprint density at radius 2 is 2.00 bits per heavy atom. The Labute approximate surface area is 120 Å². The summed E-state index contributed by atoms with van der Waals surface area (Å²) in [4.78, 5) is 0. The molecule has 20 heavy (non-hydrogen) atoms. The highest BCUT2D eigenvalue weighted by atomic mass is 15.3. The first kappa shape index (κ1) is 12.2. The lowest BCUT2D eigenvalue weighted by molar-refractivity contribution is 0.557. The average Bonchev–Trinajstić information content (AvgIpc) is 3.05. The van der Waals surface area contributed by atoms with Crippen molar-refractivity contribution in [2.75, 3.05) is 13.1 Å². The molecule has 0 radical (unpaired) electrons. The molecule has 1 aliphatic heterocycles. The first-order chi connectivity index (χ1) is 9.92. The molecule has 1 unspecified atom stereocenters. The number of benzene rings is 1. The quantitative estimate of drug-likeness (QED) is 0.923. The molecule has 4 rings (SSSR count). The van der Waals surface area contributed by atoms with Gasteiger partial charge in [-0.1, -0.05) is 18.2 Å². The highest BCUT2D eigenvalue weighted by Crippen LogP contribution is 2.42. The lowest BCUT2D eigenvalue weighted by Crippen LogP contribution is -2.14. The number of aromatic nitrogens is 2. The number of hydrogen-bond donors (Lipinski definition) is 1. The second-order valence-electron chi connectivity index (χ2n) is 6.13. The minimum Gasteiger partial charge on any atom is -0.316 e. The van der Waals surface area contributed by atoms with Crippen LogP contribution in [0.25, 0.3) is 5.69 Å². The van der Waals surface area contributed by atoms with Gasteiger partial charge >= 0.3 is 0 Å². The van der Waals surface area contributed by atoms with Crippen LogP contribution in [-0.2, 0) is 6.42 Å². The molecule has 1 aromatic carbocycles. The molecule has 2 aromatic rings. The van der Waals surface area contributed by atoms with Crippen LogP contribution in [0.1, 0.15) is 36.4 Å². The van der Waals surface area contributed by atoms with Crippen molar-refractivity contribution in [2.24, 2.45) is 5.92 Å². The zero-order valence-electron chi connectivity index (χ0n) is 11.8. The Kier molecular flexibility index (Phi) is 3.07. The van der Waals surface area contributed by atoms with Crippen molar-refractivity contribution in [3.05, 3.63) is 47.8 Å². The van der Waals surface area contributed by atoms with Gasteiger partial charge in [0.15, 0.2) is 0 Å². The lowest BCUT2D eigenvalue weighted by Gasteiger charge is -2.13. The molecule has 2 heterocycles. The molecule has 3 nitrogen and oxygen atoms in total. The maximum absolute atomic E-state index is 4.69. The van der Waals surface area contributed by atoms with Gasteiger partial charge in [0.05, 0.1) is 11.9 Å². The molecule has 1 atom stereocenters. The fraction of sp³-hybridized carbons (Fsp3) is 0.471. The molecule has 1 saturated heterocycles. The van der Waals surface area contributed by atoms with Crippen molar-refractivity contribution in [1.82, 2.24) is 15.1 Å². The van der Waals surface area contributed by atoms with E-state index in [0.29, 0.717) is 0 Å². The summed E-state index contributed by atoms with van der Waals surface area (Å²) in [7, 11) is 0. The number of nitrogens with zero attached hydrogens (tertiary/aromatic N) is 2. The van der Waals surface area contributed by atoms with Crippen LogP contribution in [0.4, 0.5) is 0 Å². The van der Waals surface area contributed by atoms with E-state index in [2.05, 4.69) is 51.6 Å². The van der Waals surface area contributed by atoms with Crippen molar-refractivity contribution in [1.29, 1.82) is 0 Å². The molecule has 0 amide bonds. The largest absolute Gasteiger partial charge is 0.316 e. The maximum Gasteiger partial charge on any atom is 0.0648 e. The third kappa shape index (κ3) is 2.27.